The first-order chi connectivity index (χ1) is 14.6. The summed E-state index contributed by atoms with van der Waals surface area (Å²) in [6, 6.07) is 12.3. The number of benzene rings is 2. The van der Waals surface area contributed by atoms with Crippen molar-refractivity contribution in [1.29, 1.82) is 0 Å². The number of fused-ring (bicyclic) bond motifs is 2. The highest BCUT2D eigenvalue weighted by atomic mass is 35.5. The maximum Gasteiger partial charge on any atom is 0.289 e. The lowest BCUT2D eigenvalue weighted by Crippen LogP contribution is -2.41. The summed E-state index contributed by atoms with van der Waals surface area (Å²) in [7, 11) is 0. The van der Waals surface area contributed by atoms with Gasteiger partial charge in [-0.2, -0.15) is 0 Å². The molecule has 1 fully saturated rings. The van der Waals surface area contributed by atoms with E-state index in [1.165, 1.54) is 0 Å². The molecular weight excluding hydrogens is 408 g/mol. The number of anilines is 1. The molecule has 0 unspecified atom stereocenters. The topological polar surface area (TPSA) is 81.0 Å². The molecule has 2 amide bonds. The summed E-state index contributed by atoms with van der Waals surface area (Å²) < 4.78 is 16.3. The van der Waals surface area contributed by atoms with E-state index in [1.807, 2.05) is 0 Å². The molecule has 154 valence electrons. The average molecular weight is 427 g/mol. The van der Waals surface area contributed by atoms with Gasteiger partial charge in [-0.1, -0.05) is 11.6 Å². The number of halogens is 1. The average Bonchev–Trinajstić information content (AvgIpc) is 3.39. The summed E-state index contributed by atoms with van der Waals surface area (Å²) in [5.74, 6) is 1.20. The van der Waals surface area contributed by atoms with Gasteiger partial charge in [0, 0.05) is 41.2 Å². The minimum absolute atomic E-state index is 0.0562. The quantitative estimate of drug-likeness (QED) is 0.675. The number of carbonyl (C=O) groups excluding carboxylic acids is 2. The Hall–Kier alpha value is -3.19. The molecule has 2 aliphatic heterocycles. The van der Waals surface area contributed by atoms with Crippen LogP contribution in [0.5, 0.6) is 11.5 Å². The maximum absolute atomic E-state index is 12.8. The lowest BCUT2D eigenvalue weighted by atomic mass is 9.95. The van der Waals surface area contributed by atoms with Crippen molar-refractivity contribution >= 4 is 40.1 Å². The minimum atomic E-state index is -0.169. The van der Waals surface area contributed by atoms with Crippen LogP contribution in [0.4, 0.5) is 5.69 Å². The van der Waals surface area contributed by atoms with Crippen molar-refractivity contribution in [1.82, 2.24) is 4.90 Å². The van der Waals surface area contributed by atoms with Gasteiger partial charge in [0.05, 0.1) is 0 Å². The van der Waals surface area contributed by atoms with Crippen molar-refractivity contribution in [2.45, 2.75) is 12.8 Å². The Labute approximate surface area is 177 Å². The molecule has 0 aliphatic carbocycles. The van der Waals surface area contributed by atoms with Crippen molar-refractivity contribution in [3.05, 3.63) is 53.2 Å². The van der Waals surface area contributed by atoms with Crippen molar-refractivity contribution in [2.24, 2.45) is 5.92 Å². The van der Waals surface area contributed by atoms with Gasteiger partial charge in [-0.25, -0.2) is 0 Å². The first-order valence-electron chi connectivity index (χ1n) is 9.76. The number of ether oxygens (including phenoxy) is 2. The molecule has 1 saturated heterocycles. The second-order valence-electron chi connectivity index (χ2n) is 7.42. The largest absolute Gasteiger partial charge is 0.454 e. The Morgan fingerprint density at radius 1 is 1.00 bits per heavy atom. The van der Waals surface area contributed by atoms with Crippen molar-refractivity contribution in [3.63, 3.8) is 0 Å². The van der Waals surface area contributed by atoms with E-state index >= 15 is 0 Å². The predicted octanol–water partition coefficient (Wildman–Crippen LogP) is 4.31. The molecular formula is C22H19ClN2O5. The zero-order valence-electron chi connectivity index (χ0n) is 16.0. The molecule has 5 rings (SSSR count). The van der Waals surface area contributed by atoms with Gasteiger partial charge in [-0.05, 0) is 49.2 Å². The van der Waals surface area contributed by atoms with Gasteiger partial charge in [-0.3, -0.25) is 9.59 Å². The number of furan rings is 1. The Morgan fingerprint density at radius 3 is 2.63 bits per heavy atom. The van der Waals surface area contributed by atoms with E-state index in [0.29, 0.717) is 53.7 Å². The fraction of sp³-hybridized carbons (Fsp3) is 0.273. The highest BCUT2D eigenvalue weighted by molar-refractivity contribution is 6.31. The molecule has 3 aromatic rings. The second-order valence-corrected chi connectivity index (χ2v) is 7.85. The highest BCUT2D eigenvalue weighted by Gasteiger charge is 2.29. The van der Waals surface area contributed by atoms with Crippen LogP contribution in [0.2, 0.25) is 5.02 Å². The summed E-state index contributed by atoms with van der Waals surface area (Å²) in [6.07, 6.45) is 1.18. The van der Waals surface area contributed by atoms with Crippen LogP contribution in [-0.4, -0.2) is 36.6 Å². The van der Waals surface area contributed by atoms with E-state index in [0.717, 1.165) is 5.39 Å². The lowest BCUT2D eigenvalue weighted by Gasteiger charge is -2.30. The summed E-state index contributed by atoms with van der Waals surface area (Å²) >= 11 is 6.00. The number of nitrogens with one attached hydrogen (secondary N) is 1. The monoisotopic (exact) mass is 426 g/mol. The number of hydrogen-bond donors (Lipinski definition) is 1. The molecule has 1 aromatic heterocycles. The smallest absolute Gasteiger partial charge is 0.289 e. The van der Waals surface area contributed by atoms with Gasteiger partial charge < -0.3 is 24.1 Å². The van der Waals surface area contributed by atoms with Gasteiger partial charge in [0.15, 0.2) is 17.3 Å². The van der Waals surface area contributed by atoms with Crippen LogP contribution in [-0.2, 0) is 4.79 Å². The van der Waals surface area contributed by atoms with Crippen LogP contribution in [0.15, 0.2) is 46.9 Å². The summed E-state index contributed by atoms with van der Waals surface area (Å²) in [5.41, 5.74) is 1.30. The van der Waals surface area contributed by atoms with Crippen LogP contribution < -0.4 is 14.8 Å². The number of hydrogen-bond acceptors (Lipinski definition) is 5. The van der Waals surface area contributed by atoms with Gasteiger partial charge in [0.1, 0.15) is 5.58 Å². The van der Waals surface area contributed by atoms with Gasteiger partial charge >= 0.3 is 0 Å². The molecule has 2 aliphatic rings. The summed E-state index contributed by atoms with van der Waals surface area (Å²) in [5, 5.41) is 4.32. The third kappa shape index (κ3) is 3.57. The Morgan fingerprint density at radius 2 is 1.80 bits per heavy atom. The number of amides is 2. The molecule has 0 spiro atoms. The van der Waals surface area contributed by atoms with E-state index in [-0.39, 0.29) is 30.3 Å². The SMILES string of the molecule is O=C(Nc1ccc2c(c1)OCO2)C1CCN(C(=O)c2cc3cc(Cl)ccc3o2)CC1. The molecule has 2 aromatic carbocycles. The number of piperidine rings is 1. The van der Waals surface area contributed by atoms with E-state index in [2.05, 4.69) is 5.32 Å². The standard InChI is InChI=1S/C22H19ClN2O5/c23-15-1-3-17-14(9-15)10-20(30-17)22(27)25-7-5-13(6-8-25)21(26)24-16-2-4-18-19(11-16)29-12-28-18/h1-4,9-11,13H,5-8,12H2,(H,24,26). The van der Waals surface area contributed by atoms with Gasteiger partial charge in [0.25, 0.3) is 5.91 Å². The first kappa shape index (κ1) is 18.8. The van der Waals surface area contributed by atoms with Crippen LogP contribution in [0.3, 0.4) is 0 Å². The predicted molar refractivity (Wildman–Crippen MR) is 111 cm³/mol. The van der Waals surface area contributed by atoms with E-state index < -0.39 is 0 Å². The number of likely N-dealkylation sites (tertiary alicyclic amines) is 1. The zero-order valence-corrected chi connectivity index (χ0v) is 16.8. The Kier molecular flexibility index (Phi) is 4.75. The van der Waals surface area contributed by atoms with Crippen molar-refractivity contribution in [2.75, 3.05) is 25.2 Å². The van der Waals surface area contributed by atoms with Gasteiger partial charge in [0.2, 0.25) is 12.7 Å². The minimum Gasteiger partial charge on any atom is -0.454 e. The Balaban J connectivity index is 1.20. The van der Waals surface area contributed by atoms with E-state index in [9.17, 15) is 9.59 Å². The highest BCUT2D eigenvalue weighted by Crippen LogP contribution is 2.34. The second kappa shape index (κ2) is 7.57. The third-order valence-corrected chi connectivity index (χ3v) is 5.72. The molecule has 3 heterocycles. The molecule has 0 radical (unpaired) electrons. The molecule has 8 heteroatoms. The van der Waals surface area contributed by atoms with E-state index in [1.54, 1.807) is 47.4 Å². The number of rotatable bonds is 3. The summed E-state index contributed by atoms with van der Waals surface area (Å²) in [4.78, 5) is 27.2. The zero-order chi connectivity index (χ0) is 20.7. The molecule has 0 atom stereocenters. The first-order valence-corrected chi connectivity index (χ1v) is 10.1. The number of nitrogens with zero attached hydrogens (tertiary/aromatic N) is 1. The molecule has 0 bridgehead atoms. The van der Waals surface area contributed by atoms with Gasteiger partial charge in [-0.15, -0.1) is 0 Å². The maximum atomic E-state index is 12.8. The molecule has 30 heavy (non-hydrogen) atoms. The lowest BCUT2D eigenvalue weighted by molar-refractivity contribution is -0.121. The fourth-order valence-corrected chi connectivity index (χ4v) is 4.02. The van der Waals surface area contributed by atoms with Crippen molar-refractivity contribution < 1.29 is 23.5 Å². The number of carbonyl (C=O) groups is 2. The van der Waals surface area contributed by atoms with Crippen molar-refractivity contribution in [3.8, 4) is 11.5 Å². The van der Waals surface area contributed by atoms with Crippen LogP contribution >= 0.6 is 11.6 Å². The van der Waals surface area contributed by atoms with Crippen LogP contribution in [0, 0.1) is 5.92 Å². The summed E-state index contributed by atoms with van der Waals surface area (Å²) in [6.45, 7) is 1.18. The van der Waals surface area contributed by atoms with Crippen LogP contribution in [0.1, 0.15) is 23.4 Å². The molecule has 7 nitrogen and oxygen atoms in total. The third-order valence-electron chi connectivity index (χ3n) is 5.48. The van der Waals surface area contributed by atoms with Crippen LogP contribution in [0.25, 0.3) is 11.0 Å². The fourth-order valence-electron chi connectivity index (χ4n) is 3.84. The molecule has 1 N–H and O–H groups in total. The van der Waals surface area contributed by atoms with E-state index in [4.69, 9.17) is 25.5 Å². The normalized spacial score (nSPS) is 16.1. The Bertz CT molecular complexity index is 1130. The molecule has 0 saturated carbocycles.